The lowest BCUT2D eigenvalue weighted by Crippen LogP contribution is -2.10. The Bertz CT molecular complexity index is 647. The summed E-state index contributed by atoms with van der Waals surface area (Å²) in [6.45, 7) is 6.90. The van der Waals surface area contributed by atoms with E-state index < -0.39 is 0 Å². The monoisotopic (exact) mass is 287 g/mol. The molecule has 5 nitrogen and oxygen atoms in total. The SMILES string of the molecule is CCc1cc(COC(=O)c2cc(N)ccc2C)n(CC)n1. The van der Waals surface area contributed by atoms with E-state index in [0.717, 1.165) is 29.9 Å². The molecule has 0 saturated heterocycles. The molecule has 2 rings (SSSR count). The first-order chi connectivity index (χ1) is 10.0. The highest BCUT2D eigenvalue weighted by Crippen LogP contribution is 2.15. The second kappa shape index (κ2) is 6.43. The molecule has 0 radical (unpaired) electrons. The van der Waals surface area contributed by atoms with E-state index >= 15 is 0 Å². The van der Waals surface area contributed by atoms with Crippen LogP contribution in [0.4, 0.5) is 5.69 Å². The molecule has 5 heteroatoms. The van der Waals surface area contributed by atoms with E-state index in [2.05, 4.69) is 5.10 Å². The molecule has 1 aromatic heterocycles. The number of nitrogen functional groups attached to an aromatic ring is 1. The molecule has 1 aromatic carbocycles. The van der Waals surface area contributed by atoms with Crippen LogP contribution in [0.15, 0.2) is 24.3 Å². The van der Waals surface area contributed by atoms with E-state index in [-0.39, 0.29) is 12.6 Å². The Kier molecular flexibility index (Phi) is 4.62. The number of nitrogens with zero attached hydrogens (tertiary/aromatic N) is 2. The normalized spacial score (nSPS) is 10.6. The lowest BCUT2D eigenvalue weighted by Gasteiger charge is -2.09. The molecular formula is C16H21N3O2. The fourth-order valence-electron chi connectivity index (χ4n) is 2.15. The Labute approximate surface area is 124 Å². The summed E-state index contributed by atoms with van der Waals surface area (Å²) in [6.07, 6.45) is 0.863. The zero-order chi connectivity index (χ0) is 15.4. The van der Waals surface area contributed by atoms with Crippen LogP contribution in [0.25, 0.3) is 0 Å². The van der Waals surface area contributed by atoms with Gasteiger partial charge in [-0.05, 0) is 44.0 Å². The van der Waals surface area contributed by atoms with Crippen molar-refractivity contribution in [3.63, 3.8) is 0 Å². The van der Waals surface area contributed by atoms with Crippen molar-refractivity contribution < 1.29 is 9.53 Å². The van der Waals surface area contributed by atoms with Gasteiger partial charge in [0.15, 0.2) is 0 Å². The van der Waals surface area contributed by atoms with Gasteiger partial charge in [-0.2, -0.15) is 5.10 Å². The minimum atomic E-state index is -0.360. The van der Waals surface area contributed by atoms with Crippen LogP contribution >= 0.6 is 0 Å². The van der Waals surface area contributed by atoms with Crippen molar-refractivity contribution >= 4 is 11.7 Å². The molecule has 1 heterocycles. The number of nitrogens with two attached hydrogens (primary N) is 1. The van der Waals surface area contributed by atoms with Crippen LogP contribution < -0.4 is 5.73 Å². The number of aryl methyl sites for hydroxylation is 3. The Hall–Kier alpha value is -2.30. The largest absolute Gasteiger partial charge is 0.456 e. The van der Waals surface area contributed by atoms with Gasteiger partial charge in [-0.15, -0.1) is 0 Å². The van der Waals surface area contributed by atoms with Gasteiger partial charge in [-0.25, -0.2) is 4.79 Å². The molecule has 0 unspecified atom stereocenters. The number of esters is 1. The van der Waals surface area contributed by atoms with Gasteiger partial charge in [-0.1, -0.05) is 13.0 Å². The Balaban J connectivity index is 2.10. The molecule has 0 spiro atoms. The van der Waals surface area contributed by atoms with Gasteiger partial charge >= 0.3 is 5.97 Å². The maximum absolute atomic E-state index is 12.2. The van der Waals surface area contributed by atoms with E-state index in [1.54, 1.807) is 12.1 Å². The summed E-state index contributed by atoms with van der Waals surface area (Å²) in [7, 11) is 0. The summed E-state index contributed by atoms with van der Waals surface area (Å²) in [6, 6.07) is 7.21. The molecule has 0 aliphatic rings. The first-order valence-corrected chi connectivity index (χ1v) is 7.14. The third-order valence-corrected chi connectivity index (χ3v) is 3.41. The van der Waals surface area contributed by atoms with Crippen molar-refractivity contribution in [2.75, 3.05) is 5.73 Å². The number of ether oxygens (including phenoxy) is 1. The lowest BCUT2D eigenvalue weighted by atomic mass is 10.1. The molecule has 0 fully saturated rings. The summed E-state index contributed by atoms with van der Waals surface area (Å²) in [5.41, 5.74) is 9.54. The van der Waals surface area contributed by atoms with Crippen molar-refractivity contribution in [1.29, 1.82) is 0 Å². The van der Waals surface area contributed by atoms with Gasteiger partial charge in [0.1, 0.15) is 6.61 Å². The highest BCUT2D eigenvalue weighted by molar-refractivity contribution is 5.92. The van der Waals surface area contributed by atoms with Gasteiger partial charge in [0.25, 0.3) is 0 Å². The number of rotatable bonds is 5. The van der Waals surface area contributed by atoms with E-state index in [1.165, 1.54) is 0 Å². The number of benzene rings is 1. The average molecular weight is 287 g/mol. The molecule has 0 atom stereocenters. The number of anilines is 1. The first-order valence-electron chi connectivity index (χ1n) is 7.14. The third-order valence-electron chi connectivity index (χ3n) is 3.41. The summed E-state index contributed by atoms with van der Waals surface area (Å²) in [5.74, 6) is -0.360. The second-order valence-corrected chi connectivity index (χ2v) is 4.95. The van der Waals surface area contributed by atoms with Crippen LogP contribution in [0.3, 0.4) is 0 Å². The average Bonchev–Trinajstić information content (AvgIpc) is 2.89. The van der Waals surface area contributed by atoms with E-state index in [4.69, 9.17) is 10.5 Å². The minimum absolute atomic E-state index is 0.216. The maximum atomic E-state index is 12.2. The molecule has 0 aliphatic carbocycles. The second-order valence-electron chi connectivity index (χ2n) is 4.95. The molecule has 0 saturated carbocycles. The van der Waals surface area contributed by atoms with Crippen LogP contribution in [-0.2, 0) is 24.3 Å². The van der Waals surface area contributed by atoms with E-state index in [9.17, 15) is 4.79 Å². The van der Waals surface area contributed by atoms with Crippen molar-refractivity contribution in [2.24, 2.45) is 0 Å². The summed E-state index contributed by atoms with van der Waals surface area (Å²) in [4.78, 5) is 12.2. The predicted octanol–water partition coefficient (Wildman–Crippen LogP) is 2.71. The smallest absolute Gasteiger partial charge is 0.338 e. The zero-order valence-corrected chi connectivity index (χ0v) is 12.7. The number of carbonyl (C=O) groups excluding carboxylic acids is 1. The van der Waals surface area contributed by atoms with Crippen LogP contribution in [0.2, 0.25) is 0 Å². The fourth-order valence-corrected chi connectivity index (χ4v) is 2.15. The summed E-state index contributed by atoms with van der Waals surface area (Å²) < 4.78 is 7.25. The predicted molar refractivity (Wildman–Crippen MR) is 82.0 cm³/mol. The molecule has 2 N–H and O–H groups in total. The van der Waals surface area contributed by atoms with Crippen molar-refractivity contribution in [1.82, 2.24) is 9.78 Å². The maximum Gasteiger partial charge on any atom is 0.338 e. The standard InChI is InChI=1S/C16H21N3O2/c1-4-13-9-14(19(5-2)18-13)10-21-16(20)15-8-12(17)7-6-11(15)3/h6-9H,4-5,10,17H2,1-3H3. The van der Waals surface area contributed by atoms with E-state index in [1.807, 2.05) is 37.6 Å². The zero-order valence-electron chi connectivity index (χ0n) is 12.7. The van der Waals surface area contributed by atoms with E-state index in [0.29, 0.717) is 11.3 Å². The van der Waals surface area contributed by atoms with Gasteiger partial charge < -0.3 is 10.5 Å². The number of hydrogen-bond acceptors (Lipinski definition) is 4. The van der Waals surface area contributed by atoms with Crippen LogP contribution in [0, 0.1) is 6.92 Å². The fraction of sp³-hybridized carbons (Fsp3) is 0.375. The molecule has 2 aromatic rings. The third kappa shape index (κ3) is 3.42. The van der Waals surface area contributed by atoms with Crippen molar-refractivity contribution in [3.05, 3.63) is 46.8 Å². The van der Waals surface area contributed by atoms with Crippen molar-refractivity contribution in [2.45, 2.75) is 40.3 Å². The molecule has 0 bridgehead atoms. The van der Waals surface area contributed by atoms with Gasteiger partial charge in [-0.3, -0.25) is 4.68 Å². The number of carbonyl (C=O) groups is 1. The molecule has 0 amide bonds. The Morgan fingerprint density at radius 2 is 2.10 bits per heavy atom. The van der Waals surface area contributed by atoms with Gasteiger partial charge in [0, 0.05) is 12.2 Å². The van der Waals surface area contributed by atoms with Crippen LogP contribution in [-0.4, -0.2) is 15.7 Å². The molecular weight excluding hydrogens is 266 g/mol. The molecule has 0 aliphatic heterocycles. The van der Waals surface area contributed by atoms with Gasteiger partial charge in [0.2, 0.25) is 0 Å². The highest BCUT2D eigenvalue weighted by atomic mass is 16.5. The van der Waals surface area contributed by atoms with Crippen molar-refractivity contribution in [3.8, 4) is 0 Å². The Morgan fingerprint density at radius 3 is 2.76 bits per heavy atom. The number of hydrogen-bond donors (Lipinski definition) is 1. The highest BCUT2D eigenvalue weighted by Gasteiger charge is 2.13. The topological polar surface area (TPSA) is 70.1 Å². The summed E-state index contributed by atoms with van der Waals surface area (Å²) in [5, 5.41) is 4.43. The summed E-state index contributed by atoms with van der Waals surface area (Å²) >= 11 is 0. The number of aromatic nitrogens is 2. The molecule has 112 valence electrons. The van der Waals surface area contributed by atoms with Crippen LogP contribution in [0.5, 0.6) is 0 Å². The lowest BCUT2D eigenvalue weighted by molar-refractivity contribution is 0.0461. The van der Waals surface area contributed by atoms with Gasteiger partial charge in [0.05, 0.1) is 17.0 Å². The minimum Gasteiger partial charge on any atom is -0.456 e. The first kappa shape index (κ1) is 15.1. The quantitative estimate of drug-likeness (QED) is 0.678. The molecule has 21 heavy (non-hydrogen) atoms. The van der Waals surface area contributed by atoms with Crippen LogP contribution in [0.1, 0.15) is 41.2 Å². The Morgan fingerprint density at radius 1 is 1.33 bits per heavy atom.